The minimum atomic E-state index is 0.668. The predicted octanol–water partition coefficient (Wildman–Crippen LogP) is 2.02. The standard InChI is InChI=1S/C10H18N2/c1-12(8-3-7-11)9-6-10-4-2-5-10/h10H,2-6,8-9H2,1H3. The summed E-state index contributed by atoms with van der Waals surface area (Å²) in [4.78, 5) is 2.27. The van der Waals surface area contributed by atoms with Gasteiger partial charge in [0, 0.05) is 13.0 Å². The van der Waals surface area contributed by atoms with Gasteiger partial charge in [0.15, 0.2) is 0 Å². The molecule has 0 aromatic rings. The van der Waals surface area contributed by atoms with Gasteiger partial charge in [0.2, 0.25) is 0 Å². The fourth-order valence-electron chi connectivity index (χ4n) is 1.54. The highest BCUT2D eigenvalue weighted by molar-refractivity contribution is 4.73. The Morgan fingerprint density at radius 1 is 1.42 bits per heavy atom. The largest absolute Gasteiger partial charge is 0.305 e. The fraction of sp³-hybridized carbons (Fsp3) is 0.900. The molecule has 2 nitrogen and oxygen atoms in total. The molecule has 1 aliphatic carbocycles. The number of hydrogen-bond donors (Lipinski definition) is 0. The van der Waals surface area contributed by atoms with Gasteiger partial charge in [-0.1, -0.05) is 19.3 Å². The maximum atomic E-state index is 8.37. The zero-order valence-corrected chi connectivity index (χ0v) is 7.92. The van der Waals surface area contributed by atoms with Crippen molar-refractivity contribution in [3.05, 3.63) is 0 Å². The molecule has 0 N–H and O–H groups in total. The molecule has 12 heavy (non-hydrogen) atoms. The predicted molar refractivity (Wildman–Crippen MR) is 49.7 cm³/mol. The van der Waals surface area contributed by atoms with Gasteiger partial charge in [0.05, 0.1) is 6.07 Å². The first kappa shape index (κ1) is 9.54. The first-order valence-corrected chi connectivity index (χ1v) is 4.88. The Kier molecular flexibility index (Phi) is 4.10. The van der Waals surface area contributed by atoms with Gasteiger partial charge in [-0.3, -0.25) is 0 Å². The Labute approximate surface area is 75.2 Å². The highest BCUT2D eigenvalue weighted by Crippen LogP contribution is 2.29. The van der Waals surface area contributed by atoms with Crippen LogP contribution in [0.4, 0.5) is 0 Å². The van der Waals surface area contributed by atoms with Crippen molar-refractivity contribution in [3.63, 3.8) is 0 Å². The molecule has 2 heteroatoms. The SMILES string of the molecule is CN(CCC#N)CCC1CCC1. The van der Waals surface area contributed by atoms with Gasteiger partial charge >= 0.3 is 0 Å². The molecule has 0 spiro atoms. The zero-order chi connectivity index (χ0) is 8.81. The van der Waals surface area contributed by atoms with Gasteiger partial charge in [-0.15, -0.1) is 0 Å². The van der Waals surface area contributed by atoms with Crippen molar-refractivity contribution in [3.8, 4) is 6.07 Å². The molecule has 1 saturated carbocycles. The van der Waals surface area contributed by atoms with Gasteiger partial charge in [0.1, 0.15) is 0 Å². The number of nitrogens with zero attached hydrogens (tertiary/aromatic N) is 2. The molecule has 0 atom stereocenters. The summed E-state index contributed by atoms with van der Waals surface area (Å²) < 4.78 is 0. The highest BCUT2D eigenvalue weighted by Gasteiger charge is 2.16. The van der Waals surface area contributed by atoms with E-state index in [4.69, 9.17) is 5.26 Å². The minimum Gasteiger partial charge on any atom is -0.305 e. The lowest BCUT2D eigenvalue weighted by atomic mass is 9.83. The van der Waals surface area contributed by atoms with E-state index >= 15 is 0 Å². The van der Waals surface area contributed by atoms with Crippen LogP contribution in [0, 0.1) is 17.2 Å². The highest BCUT2D eigenvalue weighted by atomic mass is 15.1. The van der Waals surface area contributed by atoms with Crippen molar-refractivity contribution in [2.75, 3.05) is 20.1 Å². The van der Waals surface area contributed by atoms with E-state index in [-0.39, 0.29) is 0 Å². The molecular weight excluding hydrogens is 148 g/mol. The molecule has 0 heterocycles. The monoisotopic (exact) mass is 166 g/mol. The zero-order valence-electron chi connectivity index (χ0n) is 7.92. The van der Waals surface area contributed by atoms with Crippen LogP contribution in [-0.4, -0.2) is 25.0 Å². The topological polar surface area (TPSA) is 27.0 Å². The summed E-state index contributed by atoms with van der Waals surface area (Å²) in [5, 5.41) is 8.37. The van der Waals surface area contributed by atoms with Crippen LogP contribution in [0.2, 0.25) is 0 Å². The van der Waals surface area contributed by atoms with Crippen molar-refractivity contribution in [1.82, 2.24) is 4.90 Å². The lowest BCUT2D eigenvalue weighted by Crippen LogP contribution is -2.24. The van der Waals surface area contributed by atoms with Crippen LogP contribution in [0.5, 0.6) is 0 Å². The summed E-state index contributed by atoms with van der Waals surface area (Å²) in [5.41, 5.74) is 0. The van der Waals surface area contributed by atoms with Crippen LogP contribution >= 0.6 is 0 Å². The summed E-state index contributed by atoms with van der Waals surface area (Å²) >= 11 is 0. The van der Waals surface area contributed by atoms with Crippen LogP contribution in [0.15, 0.2) is 0 Å². The maximum absolute atomic E-state index is 8.37. The summed E-state index contributed by atoms with van der Waals surface area (Å²) in [6.45, 7) is 2.11. The molecule has 1 aliphatic rings. The van der Waals surface area contributed by atoms with Crippen molar-refractivity contribution in [2.45, 2.75) is 32.1 Å². The number of rotatable bonds is 5. The Hall–Kier alpha value is -0.550. The maximum Gasteiger partial charge on any atom is 0.0635 e. The number of hydrogen-bond acceptors (Lipinski definition) is 2. The second-order valence-electron chi connectivity index (χ2n) is 3.80. The summed E-state index contributed by atoms with van der Waals surface area (Å²) in [7, 11) is 2.11. The van der Waals surface area contributed by atoms with E-state index in [0.29, 0.717) is 6.42 Å². The molecule has 0 bridgehead atoms. The third-order valence-corrected chi connectivity index (χ3v) is 2.75. The third kappa shape index (κ3) is 3.23. The second kappa shape index (κ2) is 5.16. The lowest BCUT2D eigenvalue weighted by molar-refractivity contribution is 0.241. The average Bonchev–Trinajstić information content (AvgIpc) is 1.98. The molecule has 1 fully saturated rings. The normalized spacial score (nSPS) is 17.4. The summed E-state index contributed by atoms with van der Waals surface area (Å²) in [6, 6.07) is 2.17. The Morgan fingerprint density at radius 3 is 2.67 bits per heavy atom. The molecule has 0 aromatic carbocycles. The van der Waals surface area contributed by atoms with Crippen LogP contribution in [-0.2, 0) is 0 Å². The van der Waals surface area contributed by atoms with Gasteiger partial charge in [-0.25, -0.2) is 0 Å². The van der Waals surface area contributed by atoms with Gasteiger partial charge in [0.25, 0.3) is 0 Å². The van der Waals surface area contributed by atoms with Crippen LogP contribution < -0.4 is 0 Å². The lowest BCUT2D eigenvalue weighted by Gasteiger charge is -2.27. The van der Waals surface area contributed by atoms with Crippen LogP contribution in [0.25, 0.3) is 0 Å². The van der Waals surface area contributed by atoms with E-state index in [2.05, 4.69) is 18.0 Å². The van der Waals surface area contributed by atoms with E-state index in [1.165, 1.54) is 32.2 Å². The Bertz CT molecular complexity index is 156. The fourth-order valence-corrected chi connectivity index (χ4v) is 1.54. The van der Waals surface area contributed by atoms with Gasteiger partial charge < -0.3 is 4.90 Å². The van der Waals surface area contributed by atoms with E-state index in [1.807, 2.05) is 0 Å². The van der Waals surface area contributed by atoms with Crippen LogP contribution in [0.1, 0.15) is 32.1 Å². The van der Waals surface area contributed by atoms with Crippen molar-refractivity contribution >= 4 is 0 Å². The molecule has 0 aliphatic heterocycles. The smallest absolute Gasteiger partial charge is 0.0635 e. The van der Waals surface area contributed by atoms with Gasteiger partial charge in [-0.05, 0) is 25.9 Å². The minimum absolute atomic E-state index is 0.668. The molecular formula is C10H18N2. The van der Waals surface area contributed by atoms with Gasteiger partial charge in [-0.2, -0.15) is 5.26 Å². The summed E-state index contributed by atoms with van der Waals surface area (Å²) in [5.74, 6) is 0.995. The Balaban J connectivity index is 1.94. The van der Waals surface area contributed by atoms with Crippen molar-refractivity contribution < 1.29 is 0 Å². The van der Waals surface area contributed by atoms with E-state index < -0.39 is 0 Å². The first-order valence-electron chi connectivity index (χ1n) is 4.88. The third-order valence-electron chi connectivity index (χ3n) is 2.75. The molecule has 68 valence electrons. The van der Waals surface area contributed by atoms with Crippen molar-refractivity contribution in [1.29, 1.82) is 5.26 Å². The average molecular weight is 166 g/mol. The molecule has 1 rings (SSSR count). The second-order valence-corrected chi connectivity index (χ2v) is 3.80. The van der Waals surface area contributed by atoms with E-state index in [1.54, 1.807) is 0 Å². The summed E-state index contributed by atoms with van der Waals surface area (Å²) in [6.07, 6.45) is 6.31. The molecule has 0 saturated heterocycles. The van der Waals surface area contributed by atoms with E-state index in [9.17, 15) is 0 Å². The van der Waals surface area contributed by atoms with Crippen LogP contribution in [0.3, 0.4) is 0 Å². The van der Waals surface area contributed by atoms with Crippen molar-refractivity contribution in [2.24, 2.45) is 5.92 Å². The van der Waals surface area contributed by atoms with E-state index in [0.717, 1.165) is 12.5 Å². The molecule has 0 radical (unpaired) electrons. The Morgan fingerprint density at radius 2 is 2.17 bits per heavy atom. The quantitative estimate of drug-likeness (QED) is 0.624. The molecule has 0 amide bonds. The number of nitriles is 1. The molecule has 0 aromatic heterocycles. The first-order chi connectivity index (χ1) is 5.83. The molecule has 0 unspecified atom stereocenters.